The van der Waals surface area contributed by atoms with Crippen LogP contribution < -0.4 is 5.32 Å². The van der Waals surface area contributed by atoms with Gasteiger partial charge < -0.3 is 9.73 Å². The molecule has 1 aliphatic carbocycles. The third-order valence-corrected chi connectivity index (χ3v) is 5.16. The lowest BCUT2D eigenvalue weighted by molar-refractivity contribution is 0.0906. The number of hydrogen-bond donors (Lipinski definition) is 1. The molecular formula is C16H20N4O2S. The Morgan fingerprint density at radius 2 is 2.13 bits per heavy atom. The van der Waals surface area contributed by atoms with Gasteiger partial charge in [-0.2, -0.15) is 11.3 Å². The van der Waals surface area contributed by atoms with Crippen LogP contribution in [0.3, 0.4) is 0 Å². The Hall–Kier alpha value is -1.73. The maximum atomic E-state index is 12.1. The van der Waals surface area contributed by atoms with Gasteiger partial charge in [0.1, 0.15) is 0 Å². The van der Waals surface area contributed by atoms with Crippen LogP contribution >= 0.6 is 11.3 Å². The molecule has 2 aromatic heterocycles. The molecule has 2 aromatic rings. The maximum Gasteiger partial charge on any atom is 0.252 e. The van der Waals surface area contributed by atoms with E-state index in [-0.39, 0.29) is 11.9 Å². The smallest absolute Gasteiger partial charge is 0.252 e. The number of thiophene rings is 1. The van der Waals surface area contributed by atoms with Gasteiger partial charge in [-0.15, -0.1) is 10.2 Å². The molecule has 1 amide bonds. The molecule has 122 valence electrons. The van der Waals surface area contributed by atoms with Crippen LogP contribution in [0.25, 0.3) is 0 Å². The SMILES string of the molecule is O=C(NC1CCN(Cc2nnc(C3CC3)o2)CC1)c1ccsc1. The Bertz CT molecular complexity index is 657. The highest BCUT2D eigenvalue weighted by Crippen LogP contribution is 2.39. The third-order valence-electron chi connectivity index (χ3n) is 4.47. The number of nitrogens with one attached hydrogen (secondary N) is 1. The Kier molecular flexibility index (Phi) is 4.13. The number of hydrogen-bond acceptors (Lipinski definition) is 6. The second kappa shape index (κ2) is 6.41. The summed E-state index contributed by atoms with van der Waals surface area (Å²) in [5.74, 6) is 2.07. The highest BCUT2D eigenvalue weighted by atomic mass is 32.1. The summed E-state index contributed by atoms with van der Waals surface area (Å²) >= 11 is 1.55. The first-order valence-corrected chi connectivity index (χ1v) is 9.10. The van der Waals surface area contributed by atoms with Gasteiger partial charge in [-0.25, -0.2) is 0 Å². The summed E-state index contributed by atoms with van der Waals surface area (Å²) < 4.78 is 5.72. The zero-order chi connectivity index (χ0) is 15.6. The molecule has 4 rings (SSSR count). The normalized spacial score (nSPS) is 19.8. The minimum Gasteiger partial charge on any atom is -0.424 e. The minimum atomic E-state index is 0.0377. The summed E-state index contributed by atoms with van der Waals surface area (Å²) in [5, 5.41) is 15.2. The van der Waals surface area contributed by atoms with Crippen LogP contribution in [0.5, 0.6) is 0 Å². The summed E-state index contributed by atoms with van der Waals surface area (Å²) in [6.07, 6.45) is 4.27. The molecule has 7 heteroatoms. The van der Waals surface area contributed by atoms with Crippen molar-refractivity contribution in [3.63, 3.8) is 0 Å². The van der Waals surface area contributed by atoms with E-state index in [4.69, 9.17) is 4.42 Å². The van der Waals surface area contributed by atoms with Crippen LogP contribution in [0.4, 0.5) is 0 Å². The number of likely N-dealkylation sites (tertiary alicyclic amines) is 1. The van der Waals surface area contributed by atoms with Crippen molar-refractivity contribution in [2.75, 3.05) is 13.1 Å². The van der Waals surface area contributed by atoms with Crippen molar-refractivity contribution in [2.24, 2.45) is 0 Å². The second-order valence-corrected chi connectivity index (χ2v) is 7.12. The van der Waals surface area contributed by atoms with Crippen LogP contribution in [0.15, 0.2) is 21.2 Å². The number of carbonyl (C=O) groups excluding carboxylic acids is 1. The van der Waals surface area contributed by atoms with E-state index in [9.17, 15) is 4.79 Å². The fourth-order valence-corrected chi connectivity index (χ4v) is 3.55. The molecule has 1 saturated carbocycles. The first kappa shape index (κ1) is 14.8. The first-order chi connectivity index (χ1) is 11.3. The van der Waals surface area contributed by atoms with E-state index in [1.807, 2.05) is 16.8 Å². The van der Waals surface area contributed by atoms with Gasteiger partial charge in [0.15, 0.2) is 0 Å². The third kappa shape index (κ3) is 3.61. The van der Waals surface area contributed by atoms with E-state index in [0.717, 1.165) is 37.4 Å². The van der Waals surface area contributed by atoms with Crippen molar-refractivity contribution in [1.82, 2.24) is 20.4 Å². The zero-order valence-corrected chi connectivity index (χ0v) is 13.7. The maximum absolute atomic E-state index is 12.1. The molecule has 0 bridgehead atoms. The fourth-order valence-electron chi connectivity index (χ4n) is 2.91. The summed E-state index contributed by atoms with van der Waals surface area (Å²) in [5.41, 5.74) is 0.760. The number of amides is 1. The molecule has 1 saturated heterocycles. The lowest BCUT2D eigenvalue weighted by Crippen LogP contribution is -2.44. The lowest BCUT2D eigenvalue weighted by atomic mass is 10.0. The zero-order valence-electron chi connectivity index (χ0n) is 12.9. The monoisotopic (exact) mass is 332 g/mol. The number of nitrogens with zero attached hydrogens (tertiary/aromatic N) is 3. The average Bonchev–Trinajstić information content (AvgIpc) is 3.08. The Morgan fingerprint density at radius 1 is 1.30 bits per heavy atom. The minimum absolute atomic E-state index is 0.0377. The van der Waals surface area contributed by atoms with E-state index in [0.29, 0.717) is 18.4 Å². The summed E-state index contributed by atoms with van der Waals surface area (Å²) in [7, 11) is 0. The van der Waals surface area contributed by atoms with Crippen LogP contribution in [0.1, 0.15) is 53.7 Å². The molecule has 23 heavy (non-hydrogen) atoms. The number of carbonyl (C=O) groups is 1. The van der Waals surface area contributed by atoms with Crippen LogP contribution in [0.2, 0.25) is 0 Å². The fraction of sp³-hybridized carbons (Fsp3) is 0.562. The van der Waals surface area contributed by atoms with Crippen LogP contribution in [-0.2, 0) is 6.54 Å². The van der Waals surface area contributed by atoms with Crippen molar-refractivity contribution < 1.29 is 9.21 Å². The van der Waals surface area contributed by atoms with Gasteiger partial charge in [0.05, 0.1) is 6.54 Å². The van der Waals surface area contributed by atoms with Crippen LogP contribution in [0, 0.1) is 0 Å². The van der Waals surface area contributed by atoms with Gasteiger partial charge in [0.25, 0.3) is 5.91 Å². The topological polar surface area (TPSA) is 71.3 Å². The second-order valence-electron chi connectivity index (χ2n) is 6.34. The number of rotatable bonds is 5. The molecule has 2 fully saturated rings. The number of aromatic nitrogens is 2. The Labute approximate surface area is 138 Å². The summed E-state index contributed by atoms with van der Waals surface area (Å²) in [6.45, 7) is 2.59. The predicted octanol–water partition coefficient (Wildman–Crippen LogP) is 2.40. The van der Waals surface area contributed by atoms with E-state index in [2.05, 4.69) is 20.4 Å². The van der Waals surface area contributed by atoms with E-state index in [1.165, 1.54) is 12.8 Å². The first-order valence-electron chi connectivity index (χ1n) is 8.15. The molecule has 0 spiro atoms. The van der Waals surface area contributed by atoms with Gasteiger partial charge in [-0.1, -0.05) is 0 Å². The van der Waals surface area contributed by atoms with Gasteiger partial charge in [-0.05, 0) is 37.1 Å². The molecular weight excluding hydrogens is 312 g/mol. The van der Waals surface area contributed by atoms with Gasteiger partial charge >= 0.3 is 0 Å². The van der Waals surface area contributed by atoms with Gasteiger partial charge in [0.2, 0.25) is 11.8 Å². The molecule has 0 aromatic carbocycles. The van der Waals surface area contributed by atoms with Gasteiger partial charge in [-0.3, -0.25) is 9.69 Å². The van der Waals surface area contributed by atoms with E-state index < -0.39 is 0 Å². The molecule has 1 N–H and O–H groups in total. The quantitative estimate of drug-likeness (QED) is 0.910. The molecule has 0 atom stereocenters. The molecule has 3 heterocycles. The largest absolute Gasteiger partial charge is 0.424 e. The van der Waals surface area contributed by atoms with Crippen LogP contribution in [-0.4, -0.2) is 40.1 Å². The van der Waals surface area contributed by atoms with E-state index in [1.54, 1.807) is 11.3 Å². The van der Waals surface area contributed by atoms with Crippen molar-refractivity contribution in [1.29, 1.82) is 0 Å². The lowest BCUT2D eigenvalue weighted by Gasteiger charge is -2.31. The van der Waals surface area contributed by atoms with Gasteiger partial charge in [0, 0.05) is 36.0 Å². The molecule has 2 aliphatic rings. The van der Waals surface area contributed by atoms with Crippen molar-refractivity contribution in [3.8, 4) is 0 Å². The van der Waals surface area contributed by atoms with Crippen molar-refractivity contribution in [3.05, 3.63) is 34.2 Å². The Morgan fingerprint density at radius 3 is 2.83 bits per heavy atom. The van der Waals surface area contributed by atoms with Crippen molar-refractivity contribution in [2.45, 2.75) is 44.2 Å². The molecule has 1 aliphatic heterocycles. The molecule has 6 nitrogen and oxygen atoms in total. The highest BCUT2D eigenvalue weighted by Gasteiger charge is 2.30. The predicted molar refractivity (Wildman–Crippen MR) is 86.4 cm³/mol. The number of piperidine rings is 1. The Balaban J connectivity index is 1.24. The average molecular weight is 332 g/mol. The molecule has 0 unspecified atom stereocenters. The summed E-state index contributed by atoms with van der Waals surface area (Å²) in [4.78, 5) is 14.4. The highest BCUT2D eigenvalue weighted by molar-refractivity contribution is 7.08. The standard InChI is InChI=1S/C16H20N4O2S/c21-15(12-5-8-23-10-12)17-13-3-6-20(7-4-13)9-14-18-19-16(22-14)11-1-2-11/h5,8,10-11,13H,1-4,6-7,9H2,(H,17,21). The molecule has 0 radical (unpaired) electrons. The summed E-state index contributed by atoms with van der Waals surface area (Å²) in [6, 6.07) is 2.12. The van der Waals surface area contributed by atoms with Crippen molar-refractivity contribution >= 4 is 17.2 Å². The van der Waals surface area contributed by atoms with E-state index >= 15 is 0 Å².